The molecule has 0 N–H and O–H groups in total. The molecule has 8 nitrogen and oxygen atoms in total. The molecule has 2 aromatic carbocycles. The lowest BCUT2D eigenvalue weighted by Crippen LogP contribution is -2.32. The van der Waals surface area contributed by atoms with E-state index in [1.807, 2.05) is 0 Å². The summed E-state index contributed by atoms with van der Waals surface area (Å²) in [5, 5.41) is 0.795. The van der Waals surface area contributed by atoms with Crippen molar-refractivity contribution in [1.29, 1.82) is 0 Å². The first-order chi connectivity index (χ1) is 16.9. The number of carbonyl (C=O) groups is 2. The lowest BCUT2D eigenvalue weighted by Gasteiger charge is -2.20. The van der Waals surface area contributed by atoms with E-state index in [1.165, 1.54) is 27.9 Å². The molecule has 0 aliphatic carbocycles. The Hall–Kier alpha value is -3.92. The van der Waals surface area contributed by atoms with Crippen LogP contribution in [0.15, 0.2) is 59.7 Å². The Bertz CT molecular complexity index is 1430. The van der Waals surface area contributed by atoms with Crippen LogP contribution in [0.1, 0.15) is 34.3 Å². The predicted molar refractivity (Wildman–Crippen MR) is 131 cm³/mol. The van der Waals surface area contributed by atoms with Crippen LogP contribution in [-0.4, -0.2) is 33.0 Å². The van der Waals surface area contributed by atoms with Gasteiger partial charge >= 0.3 is 5.97 Å². The highest BCUT2D eigenvalue weighted by atomic mass is 32.1. The number of aryl methyl sites for hydroxylation is 2. The Morgan fingerprint density at radius 1 is 1.14 bits per heavy atom. The highest BCUT2D eigenvalue weighted by Gasteiger charge is 2.24. The smallest absolute Gasteiger partial charge is 0.350 e. The van der Waals surface area contributed by atoms with Crippen LogP contribution in [0.25, 0.3) is 10.9 Å². The van der Waals surface area contributed by atoms with Gasteiger partial charge in [0, 0.05) is 13.0 Å². The number of esters is 1. The molecule has 0 aliphatic heterocycles. The van der Waals surface area contributed by atoms with Crippen LogP contribution < -0.4 is 10.5 Å². The second kappa shape index (κ2) is 10.6. The van der Waals surface area contributed by atoms with Crippen LogP contribution in [0.5, 0.6) is 0 Å². The molecule has 0 aliphatic rings. The van der Waals surface area contributed by atoms with E-state index < -0.39 is 5.97 Å². The zero-order chi connectivity index (χ0) is 24.9. The summed E-state index contributed by atoms with van der Waals surface area (Å²) >= 11 is 1.06. The van der Waals surface area contributed by atoms with Gasteiger partial charge in [-0.05, 0) is 43.7 Å². The molecule has 0 radical (unpaired) electrons. The van der Waals surface area contributed by atoms with Crippen molar-refractivity contribution < 1.29 is 18.7 Å². The van der Waals surface area contributed by atoms with Crippen LogP contribution >= 0.6 is 11.3 Å². The van der Waals surface area contributed by atoms with Crippen LogP contribution in [-0.2, 0) is 22.6 Å². The number of nitrogens with zero attached hydrogens (tertiary/aromatic N) is 4. The standard InChI is InChI=1S/C25H23FN4O4S/c1-3-34-24(33)22-16(2)28-25(35-22)30(14-17-8-10-18(26)11-9-17)21(31)12-13-29-15-27-20-7-5-4-6-19(20)23(29)32/h4-11,15H,3,12-14H2,1-2H3. The number of aromatic nitrogens is 3. The van der Waals surface area contributed by atoms with Gasteiger partial charge in [0.05, 0.1) is 36.1 Å². The SMILES string of the molecule is CCOC(=O)c1sc(N(Cc2ccc(F)cc2)C(=O)CCn2cnc3ccccc3c2=O)nc1C. The zero-order valence-electron chi connectivity index (χ0n) is 19.2. The van der Waals surface area contributed by atoms with Crippen LogP contribution in [0.3, 0.4) is 0 Å². The maximum atomic E-state index is 13.4. The number of carbonyl (C=O) groups excluding carboxylic acids is 2. The van der Waals surface area contributed by atoms with Crippen molar-refractivity contribution in [3.8, 4) is 0 Å². The summed E-state index contributed by atoms with van der Waals surface area (Å²) in [4.78, 5) is 48.9. The van der Waals surface area contributed by atoms with Gasteiger partial charge in [-0.25, -0.2) is 19.2 Å². The molecule has 1 amide bonds. The molecule has 0 fully saturated rings. The fraction of sp³-hybridized carbons (Fsp3) is 0.240. The summed E-state index contributed by atoms with van der Waals surface area (Å²) in [7, 11) is 0. The maximum Gasteiger partial charge on any atom is 0.350 e. The highest BCUT2D eigenvalue weighted by Crippen LogP contribution is 2.29. The van der Waals surface area contributed by atoms with Gasteiger partial charge < -0.3 is 4.74 Å². The van der Waals surface area contributed by atoms with Crippen molar-refractivity contribution in [2.75, 3.05) is 11.5 Å². The summed E-state index contributed by atoms with van der Waals surface area (Å²) in [5.74, 6) is -1.19. The first kappa shape index (κ1) is 24.2. The minimum absolute atomic E-state index is 0.00547. The summed E-state index contributed by atoms with van der Waals surface area (Å²) < 4.78 is 19.9. The van der Waals surface area contributed by atoms with E-state index in [1.54, 1.807) is 50.2 Å². The van der Waals surface area contributed by atoms with E-state index in [9.17, 15) is 18.8 Å². The quantitative estimate of drug-likeness (QED) is 0.342. The monoisotopic (exact) mass is 494 g/mol. The van der Waals surface area contributed by atoms with Crippen molar-refractivity contribution in [3.63, 3.8) is 0 Å². The Labute approximate surface area is 204 Å². The van der Waals surface area contributed by atoms with Crippen LogP contribution in [0, 0.1) is 12.7 Å². The largest absolute Gasteiger partial charge is 0.462 e. The molecule has 180 valence electrons. The number of amides is 1. The third-order valence-electron chi connectivity index (χ3n) is 5.33. The van der Waals surface area contributed by atoms with Gasteiger partial charge in [-0.2, -0.15) is 0 Å². The number of ether oxygens (including phenoxy) is 1. The van der Waals surface area contributed by atoms with Gasteiger partial charge in [0.2, 0.25) is 5.91 Å². The molecule has 35 heavy (non-hydrogen) atoms. The maximum absolute atomic E-state index is 13.4. The first-order valence-corrected chi connectivity index (χ1v) is 11.8. The van der Waals surface area contributed by atoms with Gasteiger partial charge in [0.25, 0.3) is 5.56 Å². The van der Waals surface area contributed by atoms with Crippen molar-refractivity contribution >= 4 is 39.2 Å². The van der Waals surface area contributed by atoms with E-state index >= 15 is 0 Å². The topological polar surface area (TPSA) is 94.4 Å². The molecule has 0 atom stereocenters. The molecule has 0 bridgehead atoms. The van der Waals surface area contributed by atoms with Crippen LogP contribution in [0.4, 0.5) is 9.52 Å². The molecule has 2 aromatic heterocycles. The zero-order valence-corrected chi connectivity index (χ0v) is 20.0. The van der Waals surface area contributed by atoms with Crippen molar-refractivity contribution in [1.82, 2.24) is 14.5 Å². The second-order valence-electron chi connectivity index (χ2n) is 7.75. The van der Waals surface area contributed by atoms with Gasteiger partial charge in [-0.3, -0.25) is 19.1 Å². The Morgan fingerprint density at radius 2 is 1.89 bits per heavy atom. The Kier molecular flexibility index (Phi) is 7.31. The van der Waals surface area contributed by atoms with Gasteiger partial charge in [0.1, 0.15) is 10.7 Å². The van der Waals surface area contributed by atoms with Crippen LogP contribution in [0.2, 0.25) is 0 Å². The molecule has 2 heterocycles. The Morgan fingerprint density at radius 3 is 2.63 bits per heavy atom. The number of halogens is 1. The lowest BCUT2D eigenvalue weighted by atomic mass is 10.2. The Balaban J connectivity index is 1.60. The number of thiazole rings is 1. The van der Waals surface area contributed by atoms with E-state index in [0.29, 0.717) is 32.2 Å². The molecule has 4 aromatic rings. The predicted octanol–water partition coefficient (Wildman–Crippen LogP) is 4.10. The highest BCUT2D eigenvalue weighted by molar-refractivity contribution is 7.17. The van der Waals surface area contributed by atoms with Crippen molar-refractivity contribution in [2.24, 2.45) is 0 Å². The van der Waals surface area contributed by atoms with Gasteiger partial charge in [0.15, 0.2) is 5.13 Å². The van der Waals surface area contributed by atoms with Gasteiger partial charge in [-0.1, -0.05) is 35.6 Å². The molecule has 0 saturated carbocycles. The van der Waals surface area contributed by atoms with E-state index in [2.05, 4.69) is 9.97 Å². The number of hydrogen-bond acceptors (Lipinski definition) is 7. The van der Waals surface area contributed by atoms with E-state index in [0.717, 1.165) is 11.3 Å². The molecular weight excluding hydrogens is 471 g/mol. The normalized spacial score (nSPS) is 10.9. The number of para-hydroxylation sites is 1. The third-order valence-corrected chi connectivity index (χ3v) is 6.49. The summed E-state index contributed by atoms with van der Waals surface area (Å²) in [6.45, 7) is 3.85. The summed E-state index contributed by atoms with van der Waals surface area (Å²) in [6, 6.07) is 12.8. The molecule has 10 heteroatoms. The summed E-state index contributed by atoms with van der Waals surface area (Å²) in [5.41, 5.74) is 1.50. The fourth-order valence-electron chi connectivity index (χ4n) is 3.53. The third kappa shape index (κ3) is 5.43. The second-order valence-corrected chi connectivity index (χ2v) is 8.73. The number of fused-ring (bicyclic) bond motifs is 1. The lowest BCUT2D eigenvalue weighted by molar-refractivity contribution is -0.119. The van der Waals surface area contributed by atoms with Crippen molar-refractivity contribution in [3.05, 3.63) is 87.2 Å². The molecule has 0 unspecified atom stereocenters. The minimum atomic E-state index is -0.503. The van der Waals surface area contributed by atoms with Gasteiger partial charge in [-0.15, -0.1) is 0 Å². The first-order valence-electron chi connectivity index (χ1n) is 11.0. The molecule has 0 saturated heterocycles. The molecular formula is C25H23FN4O4S. The van der Waals surface area contributed by atoms with Crippen molar-refractivity contribution in [2.45, 2.75) is 33.4 Å². The number of rotatable bonds is 8. The average molecular weight is 495 g/mol. The van der Waals surface area contributed by atoms with E-state index in [4.69, 9.17) is 4.74 Å². The molecule has 0 spiro atoms. The number of anilines is 1. The fourth-order valence-corrected chi connectivity index (χ4v) is 4.51. The van der Waals surface area contributed by atoms with E-state index in [-0.39, 0.29) is 43.4 Å². The molecule has 4 rings (SSSR count). The number of hydrogen-bond donors (Lipinski definition) is 0. The average Bonchev–Trinajstić information content (AvgIpc) is 3.24. The summed E-state index contributed by atoms with van der Waals surface area (Å²) in [6.07, 6.45) is 1.42. The minimum Gasteiger partial charge on any atom is -0.462 e. The number of benzene rings is 2.